The Hall–Kier alpha value is -0.450. The third-order valence-electron chi connectivity index (χ3n) is 3.71. The number of piperidine rings is 1. The highest BCUT2D eigenvalue weighted by atomic mass is 32.1. The van der Waals surface area contributed by atoms with Crippen LogP contribution in [0.15, 0.2) is 5.38 Å². The molecule has 2 rings (SSSR count). The average Bonchev–Trinajstić information content (AvgIpc) is 2.77. The molecule has 1 aromatic heterocycles. The molecule has 102 valence electrons. The van der Waals surface area contributed by atoms with Gasteiger partial charge in [0.25, 0.3) is 0 Å². The summed E-state index contributed by atoms with van der Waals surface area (Å²) in [5, 5.41) is 6.80. The summed E-state index contributed by atoms with van der Waals surface area (Å²) in [5.74, 6) is 0. The molecule has 2 heterocycles. The molecule has 4 heteroatoms. The van der Waals surface area contributed by atoms with E-state index in [0.29, 0.717) is 0 Å². The molecule has 1 atom stereocenters. The molecule has 0 bridgehead atoms. The van der Waals surface area contributed by atoms with Gasteiger partial charge < -0.3 is 10.2 Å². The molecule has 0 aromatic carbocycles. The summed E-state index contributed by atoms with van der Waals surface area (Å²) in [6.45, 7) is 8.98. The van der Waals surface area contributed by atoms with Crippen LogP contribution < -0.4 is 5.32 Å². The number of nitrogens with one attached hydrogen (secondary N) is 1. The van der Waals surface area contributed by atoms with Gasteiger partial charge in [0.2, 0.25) is 0 Å². The van der Waals surface area contributed by atoms with E-state index in [4.69, 9.17) is 0 Å². The molecule has 0 saturated carbocycles. The Kier molecular flexibility index (Phi) is 5.60. The molecule has 0 aliphatic carbocycles. The first kappa shape index (κ1) is 14.0. The van der Waals surface area contributed by atoms with Gasteiger partial charge in [-0.25, -0.2) is 4.98 Å². The van der Waals surface area contributed by atoms with Gasteiger partial charge in [-0.1, -0.05) is 6.42 Å². The minimum atomic E-state index is 0.792. The zero-order valence-corrected chi connectivity index (χ0v) is 12.4. The summed E-state index contributed by atoms with van der Waals surface area (Å²) < 4.78 is 0. The number of thiazole rings is 1. The topological polar surface area (TPSA) is 28.2 Å². The smallest absolute Gasteiger partial charge is 0.0897 e. The number of nitrogens with zero attached hydrogens (tertiary/aromatic N) is 2. The van der Waals surface area contributed by atoms with Crippen molar-refractivity contribution in [3.05, 3.63) is 16.1 Å². The number of rotatable bonds is 6. The van der Waals surface area contributed by atoms with Gasteiger partial charge >= 0.3 is 0 Å². The molecule has 1 fully saturated rings. The molecule has 0 amide bonds. The molecule has 1 saturated heterocycles. The van der Waals surface area contributed by atoms with Crippen molar-refractivity contribution in [2.45, 2.75) is 52.1 Å². The SMILES string of the molecule is Cc1nc(CNCCCN2CCCCC2C)cs1. The van der Waals surface area contributed by atoms with E-state index in [9.17, 15) is 0 Å². The number of aryl methyl sites for hydroxylation is 1. The van der Waals surface area contributed by atoms with E-state index in [2.05, 4.69) is 34.4 Å². The molecule has 0 radical (unpaired) electrons. The van der Waals surface area contributed by atoms with Crippen molar-refractivity contribution in [2.24, 2.45) is 0 Å². The van der Waals surface area contributed by atoms with Crippen LogP contribution >= 0.6 is 11.3 Å². The number of hydrogen-bond acceptors (Lipinski definition) is 4. The van der Waals surface area contributed by atoms with Crippen LogP contribution in [0.2, 0.25) is 0 Å². The Morgan fingerprint density at radius 2 is 2.39 bits per heavy atom. The van der Waals surface area contributed by atoms with Gasteiger partial charge in [-0.15, -0.1) is 11.3 Å². The first-order valence-electron chi connectivity index (χ1n) is 7.11. The van der Waals surface area contributed by atoms with Crippen molar-refractivity contribution in [3.8, 4) is 0 Å². The fourth-order valence-corrected chi connectivity index (χ4v) is 3.22. The molecule has 0 spiro atoms. The minimum Gasteiger partial charge on any atom is -0.311 e. The summed E-state index contributed by atoms with van der Waals surface area (Å²) in [6, 6.07) is 0.792. The predicted molar refractivity (Wildman–Crippen MR) is 78.1 cm³/mol. The Morgan fingerprint density at radius 1 is 1.50 bits per heavy atom. The van der Waals surface area contributed by atoms with Gasteiger partial charge in [-0.05, 0) is 52.7 Å². The molecule has 3 nitrogen and oxygen atoms in total. The van der Waals surface area contributed by atoms with Crippen LogP contribution in [-0.2, 0) is 6.54 Å². The van der Waals surface area contributed by atoms with E-state index in [0.717, 1.165) is 24.1 Å². The second-order valence-electron chi connectivity index (χ2n) is 5.27. The predicted octanol–water partition coefficient (Wildman–Crippen LogP) is 2.81. The van der Waals surface area contributed by atoms with Crippen LogP contribution in [0, 0.1) is 6.92 Å². The van der Waals surface area contributed by atoms with E-state index in [-0.39, 0.29) is 0 Å². The number of aromatic nitrogens is 1. The molecule has 18 heavy (non-hydrogen) atoms. The van der Waals surface area contributed by atoms with Crippen LogP contribution in [0.4, 0.5) is 0 Å². The number of likely N-dealkylation sites (tertiary alicyclic amines) is 1. The minimum absolute atomic E-state index is 0.792. The molecule has 1 unspecified atom stereocenters. The van der Waals surface area contributed by atoms with Gasteiger partial charge in [0.1, 0.15) is 0 Å². The van der Waals surface area contributed by atoms with Crippen LogP contribution in [0.5, 0.6) is 0 Å². The van der Waals surface area contributed by atoms with E-state index in [1.54, 1.807) is 11.3 Å². The number of hydrogen-bond donors (Lipinski definition) is 1. The lowest BCUT2D eigenvalue weighted by Crippen LogP contribution is -2.38. The van der Waals surface area contributed by atoms with Gasteiger partial charge in [0.05, 0.1) is 10.7 Å². The van der Waals surface area contributed by atoms with Gasteiger partial charge in [-0.3, -0.25) is 0 Å². The summed E-state index contributed by atoms with van der Waals surface area (Å²) in [4.78, 5) is 7.09. The second-order valence-corrected chi connectivity index (χ2v) is 6.33. The van der Waals surface area contributed by atoms with Crippen molar-refractivity contribution < 1.29 is 0 Å². The van der Waals surface area contributed by atoms with E-state index >= 15 is 0 Å². The lowest BCUT2D eigenvalue weighted by molar-refractivity contribution is 0.159. The lowest BCUT2D eigenvalue weighted by Gasteiger charge is -2.33. The summed E-state index contributed by atoms with van der Waals surface area (Å²) in [5.41, 5.74) is 1.18. The summed E-state index contributed by atoms with van der Waals surface area (Å²) >= 11 is 1.73. The highest BCUT2D eigenvalue weighted by molar-refractivity contribution is 7.09. The van der Waals surface area contributed by atoms with Gasteiger partial charge in [0, 0.05) is 18.0 Å². The van der Waals surface area contributed by atoms with E-state index in [1.165, 1.54) is 44.5 Å². The highest BCUT2D eigenvalue weighted by Gasteiger charge is 2.16. The Bertz CT molecular complexity index is 351. The van der Waals surface area contributed by atoms with Crippen molar-refractivity contribution in [3.63, 3.8) is 0 Å². The molecule has 1 N–H and O–H groups in total. The van der Waals surface area contributed by atoms with Crippen LogP contribution in [0.25, 0.3) is 0 Å². The maximum absolute atomic E-state index is 4.46. The fourth-order valence-electron chi connectivity index (χ4n) is 2.60. The van der Waals surface area contributed by atoms with Gasteiger partial charge in [-0.2, -0.15) is 0 Å². The first-order valence-corrected chi connectivity index (χ1v) is 7.99. The Morgan fingerprint density at radius 3 is 3.11 bits per heavy atom. The molecular weight excluding hydrogens is 242 g/mol. The Balaban J connectivity index is 1.55. The standard InChI is InChI=1S/C14H25N3S/c1-12-6-3-4-8-17(12)9-5-7-15-10-14-11-18-13(2)16-14/h11-12,15H,3-10H2,1-2H3. The highest BCUT2D eigenvalue weighted by Crippen LogP contribution is 2.16. The second kappa shape index (κ2) is 7.22. The quantitative estimate of drug-likeness (QED) is 0.803. The van der Waals surface area contributed by atoms with Crippen molar-refractivity contribution in [1.29, 1.82) is 0 Å². The zero-order valence-electron chi connectivity index (χ0n) is 11.6. The van der Waals surface area contributed by atoms with Crippen molar-refractivity contribution >= 4 is 11.3 Å². The largest absolute Gasteiger partial charge is 0.311 e. The van der Waals surface area contributed by atoms with Crippen LogP contribution in [0.3, 0.4) is 0 Å². The van der Waals surface area contributed by atoms with Gasteiger partial charge in [0.15, 0.2) is 0 Å². The first-order chi connectivity index (χ1) is 8.75. The van der Waals surface area contributed by atoms with Crippen molar-refractivity contribution in [1.82, 2.24) is 15.2 Å². The Labute approximate surface area is 115 Å². The lowest BCUT2D eigenvalue weighted by atomic mass is 10.0. The normalized spacial score (nSPS) is 21.3. The van der Waals surface area contributed by atoms with E-state index in [1.807, 2.05) is 0 Å². The third-order valence-corrected chi connectivity index (χ3v) is 4.53. The van der Waals surface area contributed by atoms with Crippen LogP contribution in [-0.4, -0.2) is 35.6 Å². The van der Waals surface area contributed by atoms with Crippen LogP contribution in [0.1, 0.15) is 43.3 Å². The third kappa shape index (κ3) is 4.34. The monoisotopic (exact) mass is 267 g/mol. The molecule has 1 aromatic rings. The van der Waals surface area contributed by atoms with Crippen molar-refractivity contribution in [2.75, 3.05) is 19.6 Å². The maximum Gasteiger partial charge on any atom is 0.0897 e. The zero-order chi connectivity index (χ0) is 12.8. The maximum atomic E-state index is 4.46. The summed E-state index contributed by atoms with van der Waals surface area (Å²) in [6.07, 6.45) is 5.42. The average molecular weight is 267 g/mol. The summed E-state index contributed by atoms with van der Waals surface area (Å²) in [7, 11) is 0. The fraction of sp³-hybridized carbons (Fsp3) is 0.786. The molecular formula is C14H25N3S. The molecule has 1 aliphatic rings. The molecule has 1 aliphatic heterocycles. The van der Waals surface area contributed by atoms with E-state index < -0.39 is 0 Å².